The van der Waals surface area contributed by atoms with Crippen molar-refractivity contribution in [2.24, 2.45) is 18.9 Å². The molecular weight excluding hydrogens is 552 g/mol. The molecule has 1 N–H and O–H groups in total. The number of ether oxygens (including phenoxy) is 1. The Hall–Kier alpha value is -3.61. The number of carbonyl (C=O) groups excluding carboxylic acids is 2. The monoisotopic (exact) mass is 610 g/mol. The Balaban J connectivity index is 0.000000722. The van der Waals surface area contributed by atoms with Crippen molar-refractivity contribution < 1.29 is 18.7 Å². The number of hydrogen-bond acceptors (Lipinski definition) is 6. The summed E-state index contributed by atoms with van der Waals surface area (Å²) < 4.78 is 11.5. The van der Waals surface area contributed by atoms with Gasteiger partial charge in [0.1, 0.15) is 11.3 Å². The zero-order valence-corrected chi connectivity index (χ0v) is 29.4. The Labute approximate surface area is 266 Å². The van der Waals surface area contributed by atoms with Crippen LogP contribution < -0.4 is 10.9 Å². The average molecular weight is 611 g/mol. The van der Waals surface area contributed by atoms with Gasteiger partial charge in [0.2, 0.25) is 0 Å². The molecule has 246 valence electrons. The maximum atomic E-state index is 12.1. The van der Waals surface area contributed by atoms with Gasteiger partial charge in [-0.25, -0.2) is 4.79 Å². The summed E-state index contributed by atoms with van der Waals surface area (Å²) in [6, 6.07) is 11.1. The van der Waals surface area contributed by atoms with E-state index < -0.39 is 5.63 Å². The Bertz CT molecular complexity index is 1350. The molecule has 7 heteroatoms. The highest BCUT2D eigenvalue weighted by Gasteiger charge is 2.20. The minimum atomic E-state index is -0.513. The molecule has 0 aliphatic carbocycles. The highest BCUT2D eigenvalue weighted by atomic mass is 16.5. The second-order valence-electron chi connectivity index (χ2n) is 11.4. The van der Waals surface area contributed by atoms with Crippen LogP contribution in [0.2, 0.25) is 0 Å². The second kappa shape index (κ2) is 22.0. The first-order valence-electron chi connectivity index (χ1n) is 16.0. The van der Waals surface area contributed by atoms with Gasteiger partial charge in [0.05, 0.1) is 7.11 Å². The van der Waals surface area contributed by atoms with Crippen LogP contribution in [0.5, 0.6) is 0 Å². The molecule has 1 unspecified atom stereocenters. The summed E-state index contributed by atoms with van der Waals surface area (Å²) in [6.07, 6.45) is 9.29. The number of Topliss-reactive ketones (excluding diaryl/α,β-unsaturated/α-hetero) is 1. The minimum absolute atomic E-state index is 0.140. The molecule has 44 heavy (non-hydrogen) atoms. The van der Waals surface area contributed by atoms with Crippen molar-refractivity contribution in [3.8, 4) is 0 Å². The second-order valence-corrected chi connectivity index (χ2v) is 11.4. The van der Waals surface area contributed by atoms with E-state index in [-0.39, 0.29) is 23.2 Å². The number of allylic oxidation sites excluding steroid dienone is 1. The van der Waals surface area contributed by atoms with Crippen LogP contribution in [-0.2, 0) is 29.4 Å². The van der Waals surface area contributed by atoms with Crippen LogP contribution in [0.25, 0.3) is 10.9 Å². The van der Waals surface area contributed by atoms with Crippen LogP contribution in [0.3, 0.4) is 0 Å². The Kier molecular flexibility index (Phi) is 20.2. The van der Waals surface area contributed by atoms with Crippen molar-refractivity contribution in [2.75, 3.05) is 14.2 Å². The number of aryl methyl sites for hydroxylation is 4. The molecule has 0 saturated carbocycles. The molecule has 2 aromatic heterocycles. The van der Waals surface area contributed by atoms with Gasteiger partial charge in [-0.15, -0.1) is 0 Å². The zero-order chi connectivity index (χ0) is 33.8. The maximum absolute atomic E-state index is 12.1. The third kappa shape index (κ3) is 13.4. The predicted molar refractivity (Wildman–Crippen MR) is 185 cm³/mol. The highest BCUT2D eigenvalue weighted by Crippen LogP contribution is 2.23. The number of carbonyl (C=O) groups is 2. The third-order valence-corrected chi connectivity index (χ3v) is 7.15. The van der Waals surface area contributed by atoms with E-state index in [2.05, 4.69) is 66.7 Å². The molecule has 0 spiro atoms. The van der Waals surface area contributed by atoms with Crippen LogP contribution in [0.15, 0.2) is 51.8 Å². The summed E-state index contributed by atoms with van der Waals surface area (Å²) in [5.74, 6) is 1.21. The number of rotatable bonds is 12. The van der Waals surface area contributed by atoms with E-state index in [0.717, 1.165) is 25.2 Å². The summed E-state index contributed by atoms with van der Waals surface area (Å²) in [5.41, 5.74) is 4.63. The van der Waals surface area contributed by atoms with Crippen molar-refractivity contribution in [2.45, 2.75) is 100 Å². The van der Waals surface area contributed by atoms with Crippen molar-refractivity contribution in [1.82, 2.24) is 9.88 Å². The first kappa shape index (κ1) is 40.4. The SMILES string of the molecule is CC.CCc1cc2cc(CCC(C)C)ccc2n1C.CN/C=C/CCC(C)c1cc(C)c(C(=O)C(C)C)c(=O)o1.COC=O. The Morgan fingerprint density at radius 3 is 2.20 bits per heavy atom. The number of methoxy groups -OCH3 is 1. The molecule has 3 rings (SSSR count). The number of ketones is 1. The maximum Gasteiger partial charge on any atom is 0.347 e. The van der Waals surface area contributed by atoms with Crippen LogP contribution in [0, 0.1) is 18.8 Å². The van der Waals surface area contributed by atoms with Crippen molar-refractivity contribution in [1.29, 1.82) is 0 Å². The van der Waals surface area contributed by atoms with Gasteiger partial charge in [-0.2, -0.15) is 0 Å². The highest BCUT2D eigenvalue weighted by molar-refractivity contribution is 5.98. The first-order chi connectivity index (χ1) is 20.9. The number of fused-ring (bicyclic) bond motifs is 1. The lowest BCUT2D eigenvalue weighted by atomic mass is 9.96. The van der Waals surface area contributed by atoms with Gasteiger partial charge >= 0.3 is 5.63 Å². The van der Waals surface area contributed by atoms with Gasteiger partial charge in [-0.1, -0.05) is 67.5 Å². The van der Waals surface area contributed by atoms with Gasteiger partial charge in [0.15, 0.2) is 5.78 Å². The normalized spacial score (nSPS) is 11.2. The van der Waals surface area contributed by atoms with Gasteiger partial charge in [0.25, 0.3) is 6.47 Å². The van der Waals surface area contributed by atoms with Gasteiger partial charge in [0, 0.05) is 42.5 Å². The van der Waals surface area contributed by atoms with Crippen molar-refractivity contribution in [3.63, 3.8) is 0 Å². The van der Waals surface area contributed by atoms with E-state index in [1.165, 1.54) is 42.1 Å². The number of benzene rings is 1. The summed E-state index contributed by atoms with van der Waals surface area (Å²) in [4.78, 5) is 33.1. The zero-order valence-electron chi connectivity index (χ0n) is 29.4. The molecular formula is C37H58N2O5. The van der Waals surface area contributed by atoms with Crippen LogP contribution in [0.1, 0.15) is 114 Å². The standard InChI is InChI=1S/C17H25NO3.C16H23N.C2H4O2.C2H6/c1-11(2)16(19)15-13(4)10-14(21-17(15)20)12(3)8-6-7-9-18-5;1-5-15-11-14-10-13(7-6-12(2)3)8-9-16(14)17(15)4;1-4-2-3;1-2/h7,9-12,18H,6,8H2,1-5H3;8-12H,5-7H2,1-4H3;2H,1H3;1-2H3/b9-7+;;;. The van der Waals surface area contributed by atoms with Gasteiger partial charge in [-0.05, 0) is 86.5 Å². The van der Waals surface area contributed by atoms with E-state index in [0.29, 0.717) is 17.8 Å². The van der Waals surface area contributed by atoms with E-state index in [1.54, 1.807) is 20.8 Å². The first-order valence-corrected chi connectivity index (χ1v) is 16.0. The van der Waals surface area contributed by atoms with Gasteiger partial charge < -0.3 is 19.0 Å². The molecule has 0 fully saturated rings. The third-order valence-electron chi connectivity index (χ3n) is 7.15. The summed E-state index contributed by atoms with van der Waals surface area (Å²) in [5, 5.41) is 4.33. The molecule has 3 aromatic rings. The fourth-order valence-electron chi connectivity index (χ4n) is 4.56. The van der Waals surface area contributed by atoms with Crippen LogP contribution >= 0.6 is 0 Å². The molecule has 0 bridgehead atoms. The molecule has 7 nitrogen and oxygen atoms in total. The fourth-order valence-corrected chi connectivity index (χ4v) is 4.56. The molecule has 0 amide bonds. The van der Waals surface area contributed by atoms with E-state index in [9.17, 15) is 9.59 Å². The number of hydrogen-bond donors (Lipinski definition) is 1. The quantitative estimate of drug-likeness (QED) is 0.163. The fraction of sp³-hybridized carbons (Fsp3) is 0.541. The lowest BCUT2D eigenvalue weighted by Gasteiger charge is -2.12. The van der Waals surface area contributed by atoms with Crippen molar-refractivity contribution in [3.05, 3.63) is 81.2 Å². The van der Waals surface area contributed by atoms with E-state index >= 15 is 0 Å². The lowest BCUT2D eigenvalue weighted by Crippen LogP contribution is -2.21. The smallest absolute Gasteiger partial charge is 0.347 e. The molecule has 0 saturated heterocycles. The topological polar surface area (TPSA) is 90.5 Å². The summed E-state index contributed by atoms with van der Waals surface area (Å²) in [6.45, 7) is 18.6. The predicted octanol–water partition coefficient (Wildman–Crippen LogP) is 8.55. The van der Waals surface area contributed by atoms with Crippen molar-refractivity contribution >= 4 is 23.2 Å². The van der Waals surface area contributed by atoms with E-state index in [1.807, 2.05) is 46.2 Å². The molecule has 0 radical (unpaired) electrons. The van der Waals surface area contributed by atoms with Gasteiger partial charge in [-0.3, -0.25) is 9.59 Å². The number of aromatic nitrogens is 1. The van der Waals surface area contributed by atoms with E-state index in [4.69, 9.17) is 9.21 Å². The molecule has 1 atom stereocenters. The summed E-state index contributed by atoms with van der Waals surface area (Å²) >= 11 is 0. The number of nitrogens with zero attached hydrogens (tertiary/aromatic N) is 1. The van der Waals surface area contributed by atoms with Crippen LogP contribution in [-0.4, -0.2) is 31.0 Å². The molecule has 0 aliphatic heterocycles. The average Bonchev–Trinajstić information content (AvgIpc) is 3.33. The lowest BCUT2D eigenvalue weighted by molar-refractivity contribution is -0.126. The Morgan fingerprint density at radius 2 is 1.70 bits per heavy atom. The molecule has 2 heterocycles. The molecule has 0 aliphatic rings. The number of nitrogens with one attached hydrogen (secondary N) is 1. The minimum Gasteiger partial charge on any atom is -0.471 e. The largest absolute Gasteiger partial charge is 0.471 e. The molecule has 1 aromatic carbocycles. The summed E-state index contributed by atoms with van der Waals surface area (Å²) in [7, 11) is 5.33. The Morgan fingerprint density at radius 1 is 1.07 bits per heavy atom. The van der Waals surface area contributed by atoms with Crippen LogP contribution in [0.4, 0.5) is 0 Å².